The topological polar surface area (TPSA) is 3.24 Å². The summed E-state index contributed by atoms with van der Waals surface area (Å²) in [5.74, 6) is 1.89. The van der Waals surface area contributed by atoms with Crippen molar-refractivity contribution in [1.82, 2.24) is 4.90 Å². The lowest BCUT2D eigenvalue weighted by atomic mass is 9.74. The Morgan fingerprint density at radius 1 is 1.04 bits per heavy atom. The molecule has 0 radical (unpaired) electrons. The van der Waals surface area contributed by atoms with Gasteiger partial charge in [-0.15, -0.1) is 0 Å². The van der Waals surface area contributed by atoms with Crippen LogP contribution in [0.15, 0.2) is 48.5 Å². The van der Waals surface area contributed by atoms with E-state index in [9.17, 15) is 0 Å². The first-order valence-corrected chi connectivity index (χ1v) is 9.89. The van der Waals surface area contributed by atoms with Gasteiger partial charge in [0.15, 0.2) is 0 Å². The Kier molecular flexibility index (Phi) is 4.42. The van der Waals surface area contributed by atoms with Gasteiger partial charge in [0, 0.05) is 16.5 Å². The van der Waals surface area contributed by atoms with Gasteiger partial charge in [0.1, 0.15) is 0 Å². The molecule has 0 aromatic heterocycles. The number of likely N-dealkylation sites (tertiary alicyclic amines) is 1. The van der Waals surface area contributed by atoms with Gasteiger partial charge in [-0.05, 0) is 87.4 Å². The summed E-state index contributed by atoms with van der Waals surface area (Å²) >= 11 is 6.39. The van der Waals surface area contributed by atoms with Crippen LogP contribution < -0.4 is 0 Å². The molecule has 0 saturated carbocycles. The van der Waals surface area contributed by atoms with Crippen LogP contribution in [0.4, 0.5) is 0 Å². The molecule has 2 heteroatoms. The summed E-state index contributed by atoms with van der Waals surface area (Å²) in [4.78, 5) is 2.52. The number of fused-ring (bicyclic) bond motifs is 1. The lowest BCUT2D eigenvalue weighted by molar-refractivity contribution is 0.0620. The molecule has 0 amide bonds. The standard InChI is InChI=1S/C23H28ClN/c1-23(2)15-17(11-12-25(23)3)21-14-20(16-7-5-4-6-8-16)19-10-9-18(24)13-22(19)21/h4-10,13,17,20-21H,11-12,14-15H2,1-3H3/t17?,20-,21-/m0/s1. The average molecular weight is 354 g/mol. The van der Waals surface area contributed by atoms with Crippen LogP contribution in [0.2, 0.25) is 5.02 Å². The number of nitrogens with zero attached hydrogens (tertiary/aromatic N) is 1. The number of piperidine rings is 1. The number of hydrogen-bond acceptors (Lipinski definition) is 1. The largest absolute Gasteiger partial charge is 0.301 e. The van der Waals surface area contributed by atoms with E-state index in [1.807, 2.05) is 0 Å². The predicted molar refractivity (Wildman–Crippen MR) is 107 cm³/mol. The molecule has 1 fully saturated rings. The van der Waals surface area contributed by atoms with Crippen molar-refractivity contribution in [2.45, 2.75) is 50.5 Å². The zero-order chi connectivity index (χ0) is 17.6. The molecule has 0 spiro atoms. The quantitative estimate of drug-likeness (QED) is 0.632. The minimum Gasteiger partial charge on any atom is -0.301 e. The van der Waals surface area contributed by atoms with Crippen molar-refractivity contribution in [3.05, 3.63) is 70.2 Å². The summed E-state index contributed by atoms with van der Waals surface area (Å²) in [5.41, 5.74) is 4.73. The van der Waals surface area contributed by atoms with Crippen LogP contribution in [0.3, 0.4) is 0 Å². The lowest BCUT2D eigenvalue weighted by Gasteiger charge is -2.45. The van der Waals surface area contributed by atoms with Crippen molar-refractivity contribution in [2.75, 3.05) is 13.6 Å². The van der Waals surface area contributed by atoms with Gasteiger partial charge in [-0.25, -0.2) is 0 Å². The monoisotopic (exact) mass is 353 g/mol. The lowest BCUT2D eigenvalue weighted by Crippen LogP contribution is -2.48. The molecule has 1 aliphatic carbocycles. The molecular formula is C23H28ClN. The van der Waals surface area contributed by atoms with Crippen LogP contribution in [0, 0.1) is 5.92 Å². The molecule has 2 aliphatic rings. The molecule has 0 N–H and O–H groups in total. The van der Waals surface area contributed by atoms with Crippen LogP contribution in [0.1, 0.15) is 61.6 Å². The van der Waals surface area contributed by atoms with Gasteiger partial charge in [-0.3, -0.25) is 0 Å². The molecule has 2 aromatic carbocycles. The van der Waals surface area contributed by atoms with Gasteiger partial charge in [-0.1, -0.05) is 48.0 Å². The average Bonchev–Trinajstić information content (AvgIpc) is 2.97. The van der Waals surface area contributed by atoms with E-state index in [4.69, 9.17) is 11.6 Å². The molecule has 25 heavy (non-hydrogen) atoms. The molecule has 1 heterocycles. The molecule has 4 rings (SSSR count). The van der Waals surface area contributed by atoms with Gasteiger partial charge in [0.05, 0.1) is 0 Å². The Hall–Kier alpha value is -1.31. The number of benzene rings is 2. The molecule has 1 aliphatic heterocycles. The maximum absolute atomic E-state index is 6.39. The Morgan fingerprint density at radius 3 is 2.52 bits per heavy atom. The Bertz CT molecular complexity index is 752. The summed E-state index contributed by atoms with van der Waals surface area (Å²) in [7, 11) is 2.27. The summed E-state index contributed by atoms with van der Waals surface area (Å²) in [6.07, 6.45) is 3.78. The maximum atomic E-state index is 6.39. The van der Waals surface area contributed by atoms with Crippen LogP contribution in [-0.2, 0) is 0 Å². The zero-order valence-corrected chi connectivity index (χ0v) is 16.3. The van der Waals surface area contributed by atoms with E-state index in [-0.39, 0.29) is 5.54 Å². The van der Waals surface area contributed by atoms with Gasteiger partial charge < -0.3 is 4.90 Å². The highest BCUT2D eigenvalue weighted by atomic mass is 35.5. The van der Waals surface area contributed by atoms with E-state index < -0.39 is 0 Å². The summed E-state index contributed by atoms with van der Waals surface area (Å²) < 4.78 is 0. The molecule has 3 atom stereocenters. The van der Waals surface area contributed by atoms with Crippen molar-refractivity contribution >= 4 is 11.6 Å². The number of hydrogen-bond donors (Lipinski definition) is 0. The molecule has 0 bridgehead atoms. The fourth-order valence-electron chi connectivity index (χ4n) is 5.04. The van der Waals surface area contributed by atoms with E-state index >= 15 is 0 Å². The normalized spacial score (nSPS) is 28.7. The first kappa shape index (κ1) is 17.1. The Labute approximate surface area is 157 Å². The van der Waals surface area contributed by atoms with E-state index in [1.54, 1.807) is 0 Å². The van der Waals surface area contributed by atoms with Gasteiger partial charge in [0.25, 0.3) is 0 Å². The fraction of sp³-hybridized carbons (Fsp3) is 0.478. The maximum Gasteiger partial charge on any atom is 0.0409 e. The Balaban J connectivity index is 1.70. The summed E-state index contributed by atoms with van der Waals surface area (Å²) in [5, 5.41) is 0.879. The van der Waals surface area contributed by atoms with Crippen LogP contribution in [0.25, 0.3) is 0 Å². The van der Waals surface area contributed by atoms with Crippen LogP contribution >= 0.6 is 11.6 Å². The summed E-state index contributed by atoms with van der Waals surface area (Å²) in [6.45, 7) is 5.98. The molecule has 2 aromatic rings. The highest BCUT2D eigenvalue weighted by Gasteiger charge is 2.41. The second-order valence-electron chi connectivity index (χ2n) is 8.57. The van der Waals surface area contributed by atoms with Gasteiger partial charge in [-0.2, -0.15) is 0 Å². The van der Waals surface area contributed by atoms with Gasteiger partial charge in [0.2, 0.25) is 0 Å². The first-order valence-electron chi connectivity index (χ1n) is 9.51. The molecule has 1 unspecified atom stereocenters. The smallest absolute Gasteiger partial charge is 0.0409 e. The second kappa shape index (κ2) is 6.45. The summed E-state index contributed by atoms with van der Waals surface area (Å²) in [6, 6.07) is 17.6. The molecule has 132 valence electrons. The predicted octanol–water partition coefficient (Wildman–Crippen LogP) is 6.08. The SMILES string of the molecule is CN1CCC([C@@H]2C[C@@H](c3ccccc3)c3ccc(Cl)cc32)CC1(C)C. The van der Waals surface area contributed by atoms with E-state index in [1.165, 1.54) is 42.5 Å². The minimum absolute atomic E-state index is 0.284. The third-order valence-electron chi connectivity index (χ3n) is 6.71. The van der Waals surface area contributed by atoms with Gasteiger partial charge >= 0.3 is 0 Å². The molecular weight excluding hydrogens is 326 g/mol. The van der Waals surface area contributed by atoms with Crippen molar-refractivity contribution in [2.24, 2.45) is 5.92 Å². The Morgan fingerprint density at radius 2 is 1.80 bits per heavy atom. The molecule has 1 nitrogen and oxygen atoms in total. The third-order valence-corrected chi connectivity index (χ3v) is 6.95. The van der Waals surface area contributed by atoms with Crippen LogP contribution in [0.5, 0.6) is 0 Å². The third kappa shape index (κ3) is 3.13. The number of rotatable bonds is 2. The molecule has 1 saturated heterocycles. The van der Waals surface area contributed by atoms with E-state index in [2.05, 4.69) is 74.3 Å². The van der Waals surface area contributed by atoms with Crippen molar-refractivity contribution in [3.8, 4) is 0 Å². The second-order valence-corrected chi connectivity index (χ2v) is 9.00. The van der Waals surface area contributed by atoms with E-state index in [0.717, 1.165) is 10.9 Å². The highest BCUT2D eigenvalue weighted by molar-refractivity contribution is 6.30. The first-order chi connectivity index (χ1) is 12.0. The van der Waals surface area contributed by atoms with E-state index in [0.29, 0.717) is 11.8 Å². The van der Waals surface area contributed by atoms with Crippen molar-refractivity contribution in [1.29, 1.82) is 0 Å². The van der Waals surface area contributed by atoms with Crippen LogP contribution in [-0.4, -0.2) is 24.0 Å². The van der Waals surface area contributed by atoms with Crippen molar-refractivity contribution in [3.63, 3.8) is 0 Å². The number of halogens is 1. The minimum atomic E-state index is 0.284. The highest BCUT2D eigenvalue weighted by Crippen LogP contribution is 2.52. The van der Waals surface area contributed by atoms with Crippen molar-refractivity contribution < 1.29 is 0 Å². The zero-order valence-electron chi connectivity index (χ0n) is 15.5. The fourth-order valence-corrected chi connectivity index (χ4v) is 5.22.